The summed E-state index contributed by atoms with van der Waals surface area (Å²) in [6.45, 7) is 0. The van der Waals surface area contributed by atoms with Crippen molar-refractivity contribution in [3.05, 3.63) is 96.4 Å². The van der Waals surface area contributed by atoms with Crippen LogP contribution < -0.4 is 10.4 Å². The number of halogens is 3. The Hall–Kier alpha value is -3.41. The quantitative estimate of drug-likeness (QED) is 0.629. The molecule has 0 fully saturated rings. The molecule has 2 heterocycles. The Morgan fingerprint density at radius 2 is 1.74 bits per heavy atom. The molecule has 0 atom stereocenters. The lowest BCUT2D eigenvalue weighted by Gasteiger charge is -2.27. The topological polar surface area (TPSA) is 28.4 Å². The molecule has 27 heavy (non-hydrogen) atoms. The first-order valence-corrected chi connectivity index (χ1v) is 8.27. The van der Waals surface area contributed by atoms with Crippen LogP contribution >= 0.6 is 0 Å². The Morgan fingerprint density at radius 1 is 0.926 bits per heavy atom. The van der Waals surface area contributed by atoms with E-state index in [9.17, 15) is 13.2 Å². The lowest BCUT2D eigenvalue weighted by atomic mass is 10.1. The summed E-state index contributed by atoms with van der Waals surface area (Å²) >= 11 is 0. The second-order valence-electron chi connectivity index (χ2n) is 5.98. The second-order valence-corrected chi connectivity index (χ2v) is 5.98. The molecule has 136 valence electrons. The standard InChI is InChI=1S/C21H15F3N2O/c22-21(23,24)16-8-4-9-17(14-16)26-12-5-10-19(25-26)18-11-13-27-20(18)15-6-2-1-3-7-15/h1-14,25H. The molecule has 0 saturated carbocycles. The van der Waals surface area contributed by atoms with Crippen molar-refractivity contribution in [2.75, 3.05) is 5.01 Å². The van der Waals surface area contributed by atoms with Gasteiger partial charge in [-0.05, 0) is 36.4 Å². The average molecular weight is 368 g/mol. The number of alkyl halides is 3. The number of nitrogens with one attached hydrogen (secondary N) is 1. The number of hydrogen-bond donors (Lipinski definition) is 1. The van der Waals surface area contributed by atoms with Crippen LogP contribution in [0.1, 0.15) is 11.1 Å². The van der Waals surface area contributed by atoms with Gasteiger partial charge in [-0.1, -0.05) is 36.4 Å². The zero-order valence-corrected chi connectivity index (χ0v) is 14.1. The number of hydrazine groups is 1. The van der Waals surface area contributed by atoms with Crippen molar-refractivity contribution in [1.29, 1.82) is 0 Å². The van der Waals surface area contributed by atoms with Gasteiger partial charge in [-0.15, -0.1) is 0 Å². The van der Waals surface area contributed by atoms with Crippen molar-refractivity contribution in [2.45, 2.75) is 6.18 Å². The summed E-state index contributed by atoms with van der Waals surface area (Å²) < 4.78 is 44.6. The van der Waals surface area contributed by atoms with Gasteiger partial charge >= 0.3 is 6.18 Å². The zero-order valence-electron chi connectivity index (χ0n) is 14.1. The molecule has 0 amide bonds. The molecule has 0 radical (unpaired) electrons. The molecule has 3 aromatic rings. The molecule has 1 aliphatic rings. The fourth-order valence-electron chi connectivity index (χ4n) is 2.90. The van der Waals surface area contributed by atoms with Gasteiger partial charge in [0, 0.05) is 17.3 Å². The van der Waals surface area contributed by atoms with Gasteiger partial charge in [-0.2, -0.15) is 13.2 Å². The summed E-state index contributed by atoms with van der Waals surface area (Å²) in [5.74, 6) is 0.689. The van der Waals surface area contributed by atoms with Crippen molar-refractivity contribution in [2.24, 2.45) is 0 Å². The summed E-state index contributed by atoms with van der Waals surface area (Å²) in [6, 6.07) is 16.6. The molecule has 1 aliphatic heterocycles. The molecule has 2 aromatic carbocycles. The minimum absolute atomic E-state index is 0.386. The SMILES string of the molecule is FC(F)(F)c1cccc(N2C=CC=C(c3ccoc3-c3ccccc3)N2)c1. The van der Waals surface area contributed by atoms with Gasteiger partial charge in [-0.25, -0.2) is 0 Å². The third-order valence-corrected chi connectivity index (χ3v) is 4.18. The lowest BCUT2D eigenvalue weighted by molar-refractivity contribution is -0.137. The number of allylic oxidation sites excluding steroid dienone is 2. The number of rotatable bonds is 3. The fourth-order valence-corrected chi connectivity index (χ4v) is 2.90. The molecular formula is C21H15F3N2O. The summed E-state index contributed by atoms with van der Waals surface area (Å²) in [6.07, 6.45) is 2.49. The normalized spacial score (nSPS) is 14.0. The van der Waals surface area contributed by atoms with Crippen molar-refractivity contribution in [1.82, 2.24) is 5.43 Å². The van der Waals surface area contributed by atoms with E-state index in [0.29, 0.717) is 11.4 Å². The molecule has 0 spiro atoms. The smallest absolute Gasteiger partial charge is 0.416 e. The number of benzene rings is 2. The fraction of sp³-hybridized carbons (Fsp3) is 0.0476. The van der Waals surface area contributed by atoms with Crippen LogP contribution in [-0.2, 0) is 6.18 Å². The van der Waals surface area contributed by atoms with E-state index in [1.165, 1.54) is 6.07 Å². The predicted octanol–water partition coefficient (Wildman–Crippen LogP) is 5.84. The highest BCUT2D eigenvalue weighted by atomic mass is 19.4. The third-order valence-electron chi connectivity index (χ3n) is 4.18. The molecule has 4 rings (SSSR count). The van der Waals surface area contributed by atoms with Crippen molar-refractivity contribution in [3.8, 4) is 11.3 Å². The maximum absolute atomic E-state index is 13.0. The molecule has 0 bridgehead atoms. The van der Waals surface area contributed by atoms with E-state index in [2.05, 4.69) is 5.43 Å². The van der Waals surface area contributed by atoms with Gasteiger partial charge in [0.2, 0.25) is 0 Å². The van der Waals surface area contributed by atoms with Gasteiger partial charge in [0.05, 0.1) is 23.2 Å². The van der Waals surface area contributed by atoms with E-state index in [1.54, 1.807) is 29.6 Å². The molecule has 0 saturated heterocycles. The Labute approximate surface area is 154 Å². The second kappa shape index (κ2) is 6.72. The van der Waals surface area contributed by atoms with E-state index in [1.807, 2.05) is 42.5 Å². The zero-order chi connectivity index (χ0) is 18.9. The van der Waals surface area contributed by atoms with Gasteiger partial charge in [0.25, 0.3) is 0 Å². The van der Waals surface area contributed by atoms with Gasteiger partial charge in [0.1, 0.15) is 5.76 Å². The third kappa shape index (κ3) is 3.46. The van der Waals surface area contributed by atoms with Gasteiger partial charge in [0.15, 0.2) is 0 Å². The van der Waals surface area contributed by atoms with E-state index in [4.69, 9.17) is 4.42 Å². The Bertz CT molecular complexity index is 1000. The molecule has 0 unspecified atom stereocenters. The van der Waals surface area contributed by atoms with Crippen molar-refractivity contribution in [3.63, 3.8) is 0 Å². The maximum atomic E-state index is 13.0. The van der Waals surface area contributed by atoms with E-state index in [0.717, 1.165) is 29.0 Å². The van der Waals surface area contributed by atoms with Crippen LogP contribution in [0.4, 0.5) is 18.9 Å². The van der Waals surface area contributed by atoms with E-state index >= 15 is 0 Å². The highest BCUT2D eigenvalue weighted by Crippen LogP contribution is 2.33. The molecule has 3 nitrogen and oxygen atoms in total. The molecule has 1 N–H and O–H groups in total. The van der Waals surface area contributed by atoms with Gasteiger partial charge < -0.3 is 4.42 Å². The van der Waals surface area contributed by atoms with Crippen molar-refractivity contribution < 1.29 is 17.6 Å². The molecule has 6 heteroatoms. The summed E-state index contributed by atoms with van der Waals surface area (Å²) in [4.78, 5) is 0. The van der Waals surface area contributed by atoms with Crippen LogP contribution in [0.2, 0.25) is 0 Å². The summed E-state index contributed by atoms with van der Waals surface area (Å²) in [5, 5.41) is 1.55. The Balaban J connectivity index is 1.63. The van der Waals surface area contributed by atoms with E-state index < -0.39 is 11.7 Å². The number of furan rings is 1. The van der Waals surface area contributed by atoms with Gasteiger partial charge in [-0.3, -0.25) is 10.4 Å². The van der Waals surface area contributed by atoms with Crippen molar-refractivity contribution >= 4 is 11.4 Å². The van der Waals surface area contributed by atoms with Crippen LogP contribution in [0, 0.1) is 0 Å². The monoisotopic (exact) mass is 368 g/mol. The van der Waals surface area contributed by atoms with Crippen LogP contribution in [0.5, 0.6) is 0 Å². The van der Waals surface area contributed by atoms with E-state index in [-0.39, 0.29) is 0 Å². The molecule has 1 aromatic heterocycles. The average Bonchev–Trinajstić information content (AvgIpc) is 3.18. The molecular weight excluding hydrogens is 353 g/mol. The number of anilines is 1. The van der Waals surface area contributed by atoms with Crippen LogP contribution in [0.25, 0.3) is 17.0 Å². The van der Waals surface area contributed by atoms with Crippen LogP contribution in [0.15, 0.2) is 89.7 Å². The summed E-state index contributed by atoms with van der Waals surface area (Å²) in [7, 11) is 0. The molecule has 0 aliphatic carbocycles. The lowest BCUT2D eigenvalue weighted by Crippen LogP contribution is -2.33. The first kappa shape index (κ1) is 17.0. The summed E-state index contributed by atoms with van der Waals surface area (Å²) in [5.41, 5.74) is 5.30. The first-order valence-electron chi connectivity index (χ1n) is 8.27. The number of nitrogens with zero attached hydrogens (tertiary/aromatic N) is 1. The Kier molecular flexibility index (Phi) is 4.24. The number of hydrogen-bond acceptors (Lipinski definition) is 3. The minimum atomic E-state index is -4.39. The predicted molar refractivity (Wildman–Crippen MR) is 98.3 cm³/mol. The first-order chi connectivity index (χ1) is 13.0. The minimum Gasteiger partial charge on any atom is -0.464 e. The Morgan fingerprint density at radius 3 is 2.52 bits per heavy atom. The van der Waals surface area contributed by atoms with Crippen LogP contribution in [0.3, 0.4) is 0 Å². The largest absolute Gasteiger partial charge is 0.464 e. The highest BCUT2D eigenvalue weighted by Gasteiger charge is 2.31. The maximum Gasteiger partial charge on any atom is 0.416 e. The van der Waals surface area contributed by atoms with Crippen LogP contribution in [-0.4, -0.2) is 0 Å². The highest BCUT2D eigenvalue weighted by molar-refractivity contribution is 5.79.